The Labute approximate surface area is 133 Å². The van der Waals surface area contributed by atoms with Gasteiger partial charge in [-0.05, 0) is 30.0 Å². The largest absolute Gasteiger partial charge is 0.476 e. The van der Waals surface area contributed by atoms with Crippen molar-refractivity contribution in [3.05, 3.63) is 51.4 Å². The first-order chi connectivity index (χ1) is 10.1. The van der Waals surface area contributed by atoms with Gasteiger partial charge in [0.1, 0.15) is 0 Å². The number of aromatic nitrogens is 1. The number of carbonyl (C=O) groups is 1. The molecule has 0 saturated heterocycles. The number of hydrogen-bond donors (Lipinski definition) is 1. The van der Waals surface area contributed by atoms with E-state index in [0.29, 0.717) is 11.5 Å². The van der Waals surface area contributed by atoms with E-state index >= 15 is 0 Å². The summed E-state index contributed by atoms with van der Waals surface area (Å²) >= 11 is 4.90. The molecule has 1 N–H and O–H groups in total. The second-order valence-electron chi connectivity index (χ2n) is 4.44. The van der Waals surface area contributed by atoms with Crippen LogP contribution in [0, 0.1) is 6.92 Å². The lowest BCUT2D eigenvalue weighted by Crippen LogP contribution is -1.98. The molecule has 2 heterocycles. The molecule has 0 aliphatic carbocycles. The van der Waals surface area contributed by atoms with E-state index in [1.165, 1.54) is 11.3 Å². The van der Waals surface area contributed by atoms with Gasteiger partial charge in [-0.3, -0.25) is 0 Å². The Morgan fingerprint density at radius 1 is 1.38 bits per heavy atom. The van der Waals surface area contributed by atoms with E-state index in [1.54, 1.807) is 0 Å². The molecule has 0 aliphatic rings. The fourth-order valence-electron chi connectivity index (χ4n) is 1.90. The summed E-state index contributed by atoms with van der Waals surface area (Å²) in [4.78, 5) is 16.3. The Morgan fingerprint density at radius 3 is 2.81 bits per heavy atom. The predicted molar refractivity (Wildman–Crippen MR) is 84.6 cm³/mol. The summed E-state index contributed by atoms with van der Waals surface area (Å²) in [5.41, 5.74) is 1.67. The zero-order chi connectivity index (χ0) is 15.0. The van der Waals surface area contributed by atoms with Gasteiger partial charge >= 0.3 is 5.97 Å². The molecule has 0 amide bonds. The molecule has 21 heavy (non-hydrogen) atoms. The predicted octanol–water partition coefficient (Wildman–Crippen LogP) is 4.84. The molecule has 2 aromatic heterocycles. The lowest BCUT2D eigenvalue weighted by molar-refractivity contribution is 0.0691. The number of carboxylic acids is 1. The Kier molecular flexibility index (Phi) is 3.65. The van der Waals surface area contributed by atoms with E-state index < -0.39 is 5.97 Å². The number of hydrogen-bond acceptors (Lipinski definition) is 4. The monoisotopic (exact) mass is 363 g/mol. The topological polar surface area (TPSA) is 63.3 Å². The van der Waals surface area contributed by atoms with Crippen LogP contribution in [0.1, 0.15) is 16.1 Å². The van der Waals surface area contributed by atoms with Crippen LogP contribution in [0.2, 0.25) is 0 Å². The summed E-state index contributed by atoms with van der Waals surface area (Å²) in [5.74, 6) is -0.506. The smallest absolute Gasteiger partial charge is 0.358 e. The van der Waals surface area contributed by atoms with Gasteiger partial charge in [0, 0.05) is 10.0 Å². The third kappa shape index (κ3) is 2.64. The van der Waals surface area contributed by atoms with Crippen molar-refractivity contribution in [2.75, 3.05) is 0 Å². The van der Waals surface area contributed by atoms with Crippen LogP contribution in [0.5, 0.6) is 0 Å². The molecule has 3 rings (SSSR count). The van der Waals surface area contributed by atoms with Crippen molar-refractivity contribution in [3.8, 4) is 22.1 Å². The average Bonchev–Trinajstić information content (AvgIpc) is 3.09. The maximum absolute atomic E-state index is 11.4. The van der Waals surface area contributed by atoms with Gasteiger partial charge in [-0.25, -0.2) is 9.78 Å². The van der Waals surface area contributed by atoms with Gasteiger partial charge in [-0.2, -0.15) is 0 Å². The van der Waals surface area contributed by atoms with Gasteiger partial charge < -0.3 is 9.52 Å². The number of oxazole rings is 1. The molecule has 4 nitrogen and oxygen atoms in total. The van der Waals surface area contributed by atoms with Crippen LogP contribution >= 0.6 is 27.3 Å². The summed E-state index contributed by atoms with van der Waals surface area (Å²) in [6.45, 7) is 1.96. The van der Waals surface area contributed by atoms with Crippen molar-refractivity contribution in [3.63, 3.8) is 0 Å². The van der Waals surface area contributed by atoms with Gasteiger partial charge in [0.05, 0.1) is 4.88 Å². The molecule has 0 aliphatic heterocycles. The second-order valence-corrected chi connectivity index (χ2v) is 6.25. The van der Waals surface area contributed by atoms with Crippen LogP contribution in [0.4, 0.5) is 0 Å². The SMILES string of the molecule is Cc1ccc(-c2oc(-c3cccs3)nc2C(=O)O)cc1Br. The van der Waals surface area contributed by atoms with Crippen LogP contribution in [-0.4, -0.2) is 16.1 Å². The minimum absolute atomic E-state index is 0.0749. The number of thiophene rings is 1. The van der Waals surface area contributed by atoms with Crippen LogP contribution in [0.25, 0.3) is 22.1 Å². The maximum Gasteiger partial charge on any atom is 0.358 e. The van der Waals surface area contributed by atoms with E-state index in [4.69, 9.17) is 4.42 Å². The molecule has 1 aromatic carbocycles. The quantitative estimate of drug-likeness (QED) is 0.722. The first-order valence-electron chi connectivity index (χ1n) is 6.11. The third-order valence-corrected chi connectivity index (χ3v) is 4.71. The van der Waals surface area contributed by atoms with Crippen molar-refractivity contribution < 1.29 is 14.3 Å². The van der Waals surface area contributed by atoms with Crippen molar-refractivity contribution in [2.24, 2.45) is 0 Å². The van der Waals surface area contributed by atoms with Crippen molar-refractivity contribution in [1.29, 1.82) is 0 Å². The van der Waals surface area contributed by atoms with E-state index in [9.17, 15) is 9.90 Å². The first-order valence-corrected chi connectivity index (χ1v) is 7.78. The number of aromatic carboxylic acids is 1. The minimum Gasteiger partial charge on any atom is -0.476 e. The highest BCUT2D eigenvalue weighted by Gasteiger charge is 2.22. The third-order valence-electron chi connectivity index (χ3n) is 3.00. The summed E-state index contributed by atoms with van der Waals surface area (Å²) < 4.78 is 6.59. The maximum atomic E-state index is 11.4. The fraction of sp³-hybridized carbons (Fsp3) is 0.0667. The first kappa shape index (κ1) is 14.0. The van der Waals surface area contributed by atoms with Crippen molar-refractivity contribution in [2.45, 2.75) is 6.92 Å². The number of carboxylic acid groups (broad SMARTS) is 1. The molecule has 0 unspecified atom stereocenters. The number of benzene rings is 1. The van der Waals surface area contributed by atoms with Gasteiger partial charge in [0.2, 0.25) is 5.89 Å². The average molecular weight is 364 g/mol. The van der Waals surface area contributed by atoms with E-state index in [-0.39, 0.29) is 11.5 Å². The highest BCUT2D eigenvalue weighted by Crippen LogP contribution is 2.33. The Balaban J connectivity index is 2.16. The number of aryl methyl sites for hydroxylation is 1. The van der Waals surface area contributed by atoms with Gasteiger partial charge in [-0.1, -0.05) is 34.1 Å². The normalized spacial score (nSPS) is 10.8. The fourth-order valence-corrected chi connectivity index (χ4v) is 2.93. The van der Waals surface area contributed by atoms with Crippen LogP contribution in [-0.2, 0) is 0 Å². The minimum atomic E-state index is -1.10. The Morgan fingerprint density at radius 2 is 2.19 bits per heavy atom. The zero-order valence-corrected chi connectivity index (χ0v) is 13.4. The van der Waals surface area contributed by atoms with E-state index in [1.807, 2.05) is 42.6 Å². The van der Waals surface area contributed by atoms with Gasteiger partial charge in [0.25, 0.3) is 0 Å². The summed E-state index contributed by atoms with van der Waals surface area (Å²) in [7, 11) is 0. The number of rotatable bonds is 3. The van der Waals surface area contributed by atoms with Crippen LogP contribution in [0.3, 0.4) is 0 Å². The lowest BCUT2D eigenvalue weighted by atomic mass is 10.1. The zero-order valence-electron chi connectivity index (χ0n) is 11.0. The number of halogens is 1. The summed E-state index contributed by atoms with van der Waals surface area (Å²) in [6, 6.07) is 9.27. The van der Waals surface area contributed by atoms with Crippen LogP contribution < -0.4 is 0 Å². The highest BCUT2D eigenvalue weighted by molar-refractivity contribution is 9.10. The van der Waals surface area contributed by atoms with Crippen molar-refractivity contribution >= 4 is 33.2 Å². The molecule has 6 heteroatoms. The second kappa shape index (κ2) is 5.46. The molecule has 0 saturated carbocycles. The molecule has 106 valence electrons. The van der Waals surface area contributed by atoms with Crippen molar-refractivity contribution in [1.82, 2.24) is 4.98 Å². The molecule has 0 spiro atoms. The Bertz CT molecular complexity index is 808. The molecular formula is C15H10BrNO3S. The molecule has 0 fully saturated rings. The lowest BCUT2D eigenvalue weighted by Gasteiger charge is -2.02. The number of nitrogens with zero attached hydrogens (tertiary/aromatic N) is 1. The van der Waals surface area contributed by atoms with Gasteiger partial charge in [0.15, 0.2) is 11.5 Å². The van der Waals surface area contributed by atoms with E-state index in [2.05, 4.69) is 20.9 Å². The van der Waals surface area contributed by atoms with Gasteiger partial charge in [-0.15, -0.1) is 11.3 Å². The summed E-state index contributed by atoms with van der Waals surface area (Å²) in [5, 5.41) is 11.2. The standard InChI is InChI=1S/C15H10BrNO3S/c1-8-4-5-9(7-10(8)16)13-12(15(18)19)17-14(20-13)11-3-2-6-21-11/h2-7H,1H3,(H,18,19). The van der Waals surface area contributed by atoms with E-state index in [0.717, 1.165) is 14.9 Å². The Hall–Kier alpha value is -1.92. The molecule has 0 radical (unpaired) electrons. The molecule has 0 bridgehead atoms. The molecule has 0 atom stereocenters. The highest BCUT2D eigenvalue weighted by atomic mass is 79.9. The molecule has 3 aromatic rings. The molecular weight excluding hydrogens is 354 g/mol. The van der Waals surface area contributed by atoms with Crippen LogP contribution in [0.15, 0.2) is 44.6 Å². The summed E-state index contributed by atoms with van der Waals surface area (Å²) in [6.07, 6.45) is 0.